The number of ether oxygens (including phenoxy) is 3. The molecule has 0 aliphatic carbocycles. The Bertz CT molecular complexity index is 930. The number of carbonyl (C=O) groups is 3. The molecular weight excluding hydrogens is 424 g/mol. The largest absolute Gasteiger partial charge is 0.490 e. The Morgan fingerprint density at radius 1 is 0.879 bits per heavy atom. The van der Waals surface area contributed by atoms with Crippen LogP contribution in [0.15, 0.2) is 48.5 Å². The van der Waals surface area contributed by atoms with E-state index in [0.29, 0.717) is 30.4 Å². The Balaban J connectivity index is 1.91. The zero-order valence-corrected chi connectivity index (χ0v) is 19.6. The molecule has 2 rings (SSSR count). The number of anilines is 1. The number of rotatable bonds is 12. The lowest BCUT2D eigenvalue weighted by molar-refractivity contribution is -0.151. The highest BCUT2D eigenvalue weighted by atomic mass is 16.5. The SMILES string of the molecule is CCOc1ccc(NC(=O)COC(=O)C(NC(=O)Cc2ccccc2)C(C)C)cc1OCC. The number of esters is 1. The molecule has 8 heteroatoms. The first kappa shape index (κ1) is 25.7. The van der Waals surface area contributed by atoms with Crippen molar-refractivity contribution in [3.05, 3.63) is 54.1 Å². The first-order chi connectivity index (χ1) is 15.8. The third-order valence-corrected chi connectivity index (χ3v) is 4.62. The summed E-state index contributed by atoms with van der Waals surface area (Å²) < 4.78 is 16.2. The fourth-order valence-electron chi connectivity index (χ4n) is 3.06. The summed E-state index contributed by atoms with van der Waals surface area (Å²) in [7, 11) is 0. The summed E-state index contributed by atoms with van der Waals surface area (Å²) in [5.41, 5.74) is 1.33. The highest BCUT2D eigenvalue weighted by Gasteiger charge is 2.26. The van der Waals surface area contributed by atoms with Gasteiger partial charge in [0.15, 0.2) is 18.1 Å². The van der Waals surface area contributed by atoms with E-state index in [1.165, 1.54) is 0 Å². The normalized spacial score (nSPS) is 11.4. The summed E-state index contributed by atoms with van der Waals surface area (Å²) in [6.45, 7) is 7.77. The predicted octanol–water partition coefficient (Wildman–Crippen LogP) is 3.35. The molecule has 1 unspecified atom stereocenters. The Morgan fingerprint density at radius 3 is 2.18 bits per heavy atom. The van der Waals surface area contributed by atoms with Crippen LogP contribution in [-0.4, -0.2) is 43.6 Å². The molecule has 8 nitrogen and oxygen atoms in total. The van der Waals surface area contributed by atoms with Crippen LogP contribution in [0.4, 0.5) is 5.69 Å². The highest BCUT2D eigenvalue weighted by Crippen LogP contribution is 2.30. The lowest BCUT2D eigenvalue weighted by Gasteiger charge is -2.21. The van der Waals surface area contributed by atoms with E-state index < -0.39 is 24.5 Å². The highest BCUT2D eigenvalue weighted by molar-refractivity contribution is 5.94. The smallest absolute Gasteiger partial charge is 0.329 e. The van der Waals surface area contributed by atoms with Crippen molar-refractivity contribution in [1.82, 2.24) is 5.32 Å². The van der Waals surface area contributed by atoms with Gasteiger partial charge in [-0.15, -0.1) is 0 Å². The lowest BCUT2D eigenvalue weighted by Crippen LogP contribution is -2.46. The molecule has 0 fully saturated rings. The zero-order chi connectivity index (χ0) is 24.2. The van der Waals surface area contributed by atoms with E-state index in [9.17, 15) is 14.4 Å². The van der Waals surface area contributed by atoms with Crippen LogP contribution in [0, 0.1) is 5.92 Å². The average Bonchev–Trinajstić information content (AvgIpc) is 2.78. The monoisotopic (exact) mass is 456 g/mol. The van der Waals surface area contributed by atoms with Crippen LogP contribution in [0.2, 0.25) is 0 Å². The van der Waals surface area contributed by atoms with Gasteiger partial charge in [-0.05, 0) is 37.5 Å². The van der Waals surface area contributed by atoms with Crippen molar-refractivity contribution in [3.8, 4) is 11.5 Å². The molecule has 0 heterocycles. The third kappa shape index (κ3) is 8.48. The second kappa shape index (κ2) is 13.1. The Morgan fingerprint density at radius 2 is 1.55 bits per heavy atom. The number of amides is 2. The summed E-state index contributed by atoms with van der Waals surface area (Å²) in [6, 6.07) is 13.4. The van der Waals surface area contributed by atoms with E-state index in [-0.39, 0.29) is 18.2 Å². The molecule has 0 radical (unpaired) electrons. The number of benzene rings is 2. The quantitative estimate of drug-likeness (QED) is 0.475. The Kier molecular flexibility index (Phi) is 10.2. The van der Waals surface area contributed by atoms with Gasteiger partial charge in [0.1, 0.15) is 6.04 Å². The molecule has 0 saturated heterocycles. The number of hydrogen-bond donors (Lipinski definition) is 2. The fourth-order valence-corrected chi connectivity index (χ4v) is 3.06. The third-order valence-electron chi connectivity index (χ3n) is 4.62. The van der Waals surface area contributed by atoms with E-state index in [1.54, 1.807) is 32.0 Å². The Hall–Kier alpha value is -3.55. The minimum absolute atomic E-state index is 0.151. The molecule has 0 aliphatic heterocycles. The van der Waals surface area contributed by atoms with Crippen LogP contribution >= 0.6 is 0 Å². The van der Waals surface area contributed by atoms with Gasteiger partial charge in [0, 0.05) is 11.8 Å². The molecule has 0 spiro atoms. The lowest BCUT2D eigenvalue weighted by atomic mass is 10.0. The van der Waals surface area contributed by atoms with Gasteiger partial charge in [0.2, 0.25) is 5.91 Å². The van der Waals surface area contributed by atoms with Gasteiger partial charge in [0.05, 0.1) is 19.6 Å². The second-order valence-corrected chi connectivity index (χ2v) is 7.64. The van der Waals surface area contributed by atoms with Gasteiger partial charge < -0.3 is 24.8 Å². The molecule has 0 saturated carbocycles. The van der Waals surface area contributed by atoms with Gasteiger partial charge in [-0.1, -0.05) is 44.2 Å². The van der Waals surface area contributed by atoms with Crippen molar-refractivity contribution in [2.75, 3.05) is 25.1 Å². The van der Waals surface area contributed by atoms with E-state index in [1.807, 2.05) is 44.2 Å². The summed E-state index contributed by atoms with van der Waals surface area (Å²) in [6.07, 6.45) is 0.151. The summed E-state index contributed by atoms with van der Waals surface area (Å²) in [5, 5.41) is 5.37. The fraction of sp³-hybridized carbons (Fsp3) is 0.400. The molecule has 2 amide bonds. The molecule has 33 heavy (non-hydrogen) atoms. The van der Waals surface area contributed by atoms with Crippen molar-refractivity contribution >= 4 is 23.5 Å². The summed E-state index contributed by atoms with van der Waals surface area (Å²) in [5.74, 6) is -0.583. The molecule has 178 valence electrons. The first-order valence-corrected chi connectivity index (χ1v) is 11.0. The maximum absolute atomic E-state index is 12.5. The number of carbonyl (C=O) groups excluding carboxylic acids is 3. The van der Waals surface area contributed by atoms with Gasteiger partial charge in [-0.2, -0.15) is 0 Å². The molecule has 0 bridgehead atoms. The molecule has 2 N–H and O–H groups in total. The zero-order valence-electron chi connectivity index (χ0n) is 19.6. The van der Waals surface area contributed by atoms with E-state index in [4.69, 9.17) is 14.2 Å². The molecule has 2 aromatic carbocycles. The average molecular weight is 457 g/mol. The predicted molar refractivity (Wildman–Crippen MR) is 125 cm³/mol. The van der Waals surface area contributed by atoms with Gasteiger partial charge in [-0.3, -0.25) is 9.59 Å². The van der Waals surface area contributed by atoms with Crippen molar-refractivity contribution in [3.63, 3.8) is 0 Å². The minimum Gasteiger partial charge on any atom is -0.490 e. The summed E-state index contributed by atoms with van der Waals surface area (Å²) >= 11 is 0. The summed E-state index contributed by atoms with van der Waals surface area (Å²) in [4.78, 5) is 37.2. The van der Waals surface area contributed by atoms with E-state index in [0.717, 1.165) is 5.56 Å². The van der Waals surface area contributed by atoms with Gasteiger partial charge in [0.25, 0.3) is 5.91 Å². The second-order valence-electron chi connectivity index (χ2n) is 7.64. The van der Waals surface area contributed by atoms with Crippen LogP contribution in [0.1, 0.15) is 33.3 Å². The van der Waals surface area contributed by atoms with Crippen LogP contribution in [-0.2, 0) is 25.5 Å². The Labute approximate surface area is 194 Å². The van der Waals surface area contributed by atoms with E-state index >= 15 is 0 Å². The maximum atomic E-state index is 12.5. The topological polar surface area (TPSA) is 103 Å². The van der Waals surface area contributed by atoms with E-state index in [2.05, 4.69) is 10.6 Å². The molecular formula is C25H32N2O6. The van der Waals surface area contributed by atoms with Gasteiger partial charge >= 0.3 is 5.97 Å². The number of hydrogen-bond acceptors (Lipinski definition) is 6. The van der Waals surface area contributed by atoms with Crippen molar-refractivity contribution in [1.29, 1.82) is 0 Å². The molecule has 0 aromatic heterocycles. The molecule has 1 atom stereocenters. The maximum Gasteiger partial charge on any atom is 0.329 e. The first-order valence-electron chi connectivity index (χ1n) is 11.0. The van der Waals surface area contributed by atoms with Crippen LogP contribution in [0.5, 0.6) is 11.5 Å². The van der Waals surface area contributed by atoms with Crippen LogP contribution in [0.25, 0.3) is 0 Å². The van der Waals surface area contributed by atoms with Crippen molar-refractivity contribution in [2.45, 2.75) is 40.2 Å². The van der Waals surface area contributed by atoms with Crippen molar-refractivity contribution < 1.29 is 28.6 Å². The van der Waals surface area contributed by atoms with Crippen LogP contribution < -0.4 is 20.1 Å². The van der Waals surface area contributed by atoms with Gasteiger partial charge in [-0.25, -0.2) is 4.79 Å². The standard InChI is InChI=1S/C25H32N2O6/c1-5-31-20-13-12-19(15-21(20)32-6-2)26-23(29)16-33-25(30)24(17(3)4)27-22(28)14-18-10-8-7-9-11-18/h7-13,15,17,24H,5-6,14,16H2,1-4H3,(H,26,29)(H,27,28). The van der Waals surface area contributed by atoms with Crippen molar-refractivity contribution in [2.24, 2.45) is 5.92 Å². The number of nitrogens with one attached hydrogen (secondary N) is 2. The molecule has 0 aliphatic rings. The van der Waals surface area contributed by atoms with Crippen LogP contribution in [0.3, 0.4) is 0 Å². The minimum atomic E-state index is -0.857. The molecule has 2 aromatic rings.